The molecular weight excluding hydrogens is 434 g/mol. The molecule has 0 spiro atoms. The van der Waals surface area contributed by atoms with Crippen LogP contribution in [0.2, 0.25) is 0 Å². The summed E-state index contributed by atoms with van der Waals surface area (Å²) in [4.78, 5) is 24.5. The van der Waals surface area contributed by atoms with E-state index in [2.05, 4.69) is 49.6 Å². The number of amides is 1. The second-order valence-corrected chi connectivity index (χ2v) is 9.03. The molecule has 33 heavy (non-hydrogen) atoms. The molecule has 0 bridgehead atoms. The number of nitrogens with zero attached hydrogens (tertiary/aromatic N) is 4. The van der Waals surface area contributed by atoms with Gasteiger partial charge in [-0.25, -0.2) is 4.98 Å². The van der Waals surface area contributed by atoms with E-state index in [1.54, 1.807) is 11.3 Å². The Hall–Kier alpha value is -3.52. The molecule has 3 aromatic heterocycles. The third-order valence-corrected chi connectivity index (χ3v) is 6.62. The Kier molecular flexibility index (Phi) is 6.44. The highest BCUT2D eigenvalue weighted by molar-refractivity contribution is 7.13. The second kappa shape index (κ2) is 9.95. The number of hydrogen-bond acceptors (Lipinski definition) is 7. The number of thiophene rings is 1. The molecular formula is C25H25N5O2S. The van der Waals surface area contributed by atoms with Gasteiger partial charge in [0.1, 0.15) is 5.82 Å². The first kappa shape index (κ1) is 21.3. The molecule has 0 fully saturated rings. The number of nitrogens with one attached hydrogen (secondary N) is 1. The minimum absolute atomic E-state index is 0.00436. The van der Waals surface area contributed by atoms with Gasteiger partial charge in [0.15, 0.2) is 0 Å². The Morgan fingerprint density at radius 3 is 2.85 bits per heavy atom. The molecule has 0 radical (unpaired) electrons. The Morgan fingerprint density at radius 1 is 1.12 bits per heavy atom. The van der Waals surface area contributed by atoms with Crippen LogP contribution in [0.1, 0.15) is 35.4 Å². The number of pyridine rings is 1. The van der Waals surface area contributed by atoms with Crippen LogP contribution in [0.5, 0.6) is 0 Å². The number of carbonyl (C=O) groups is 1. The van der Waals surface area contributed by atoms with Gasteiger partial charge in [-0.1, -0.05) is 41.6 Å². The van der Waals surface area contributed by atoms with Crippen molar-refractivity contribution >= 4 is 23.1 Å². The summed E-state index contributed by atoms with van der Waals surface area (Å²) in [6.07, 6.45) is 4.54. The lowest BCUT2D eigenvalue weighted by Gasteiger charge is -2.29. The lowest BCUT2D eigenvalue weighted by atomic mass is 10.00. The summed E-state index contributed by atoms with van der Waals surface area (Å²) in [5.41, 5.74) is 3.78. The van der Waals surface area contributed by atoms with Crippen LogP contribution in [0, 0.1) is 0 Å². The second-order valence-electron chi connectivity index (χ2n) is 8.08. The third kappa shape index (κ3) is 5.28. The van der Waals surface area contributed by atoms with E-state index in [0.717, 1.165) is 35.8 Å². The van der Waals surface area contributed by atoms with Gasteiger partial charge in [0.25, 0.3) is 0 Å². The van der Waals surface area contributed by atoms with Gasteiger partial charge >= 0.3 is 0 Å². The summed E-state index contributed by atoms with van der Waals surface area (Å²) in [5, 5.41) is 8.94. The Labute approximate surface area is 196 Å². The number of anilines is 1. The highest BCUT2D eigenvalue weighted by Gasteiger charge is 2.17. The Bertz CT molecular complexity index is 1200. The van der Waals surface area contributed by atoms with Crippen LogP contribution in [-0.2, 0) is 30.7 Å². The maximum atomic E-state index is 12.2. The first-order chi connectivity index (χ1) is 16.2. The van der Waals surface area contributed by atoms with E-state index in [-0.39, 0.29) is 5.91 Å². The first-order valence-electron chi connectivity index (χ1n) is 11.1. The van der Waals surface area contributed by atoms with Crippen LogP contribution in [0.15, 0.2) is 64.6 Å². The molecule has 4 aromatic rings. The van der Waals surface area contributed by atoms with E-state index in [1.165, 1.54) is 11.1 Å². The molecule has 8 heteroatoms. The smallest absolute Gasteiger partial charge is 0.226 e. The maximum absolute atomic E-state index is 12.2. The van der Waals surface area contributed by atoms with Crippen LogP contribution in [0.4, 0.5) is 5.82 Å². The standard InChI is InChI=1S/C25H25N5O2S/c31-23(8-3-9-24-28-25(29-32-24)21-7-4-14-33-21)27-16-18-10-11-22(26-15-18)30-13-12-19-5-1-2-6-20(19)17-30/h1-2,4-7,10-11,14-15H,3,8-9,12-13,16-17H2,(H,27,31). The summed E-state index contributed by atoms with van der Waals surface area (Å²) in [6.45, 7) is 2.32. The number of aryl methyl sites for hydroxylation is 1. The minimum atomic E-state index is 0.00436. The molecule has 168 valence electrons. The quantitative estimate of drug-likeness (QED) is 0.421. The van der Waals surface area contributed by atoms with Crippen molar-refractivity contribution in [1.82, 2.24) is 20.4 Å². The van der Waals surface area contributed by atoms with Gasteiger partial charge in [-0.05, 0) is 47.0 Å². The van der Waals surface area contributed by atoms with Crippen LogP contribution < -0.4 is 10.2 Å². The molecule has 5 rings (SSSR count). The summed E-state index contributed by atoms with van der Waals surface area (Å²) in [5.74, 6) is 2.14. The fourth-order valence-electron chi connectivity index (χ4n) is 3.95. The molecule has 4 heterocycles. The van der Waals surface area contributed by atoms with Crippen LogP contribution in [0.25, 0.3) is 10.7 Å². The van der Waals surface area contributed by atoms with Gasteiger partial charge in [-0.3, -0.25) is 4.79 Å². The predicted molar refractivity (Wildman–Crippen MR) is 128 cm³/mol. The molecule has 1 aliphatic heterocycles. The monoisotopic (exact) mass is 459 g/mol. The maximum Gasteiger partial charge on any atom is 0.226 e. The van der Waals surface area contributed by atoms with Gasteiger partial charge in [-0.2, -0.15) is 4.98 Å². The van der Waals surface area contributed by atoms with Crippen molar-refractivity contribution in [2.24, 2.45) is 0 Å². The zero-order chi connectivity index (χ0) is 22.5. The van der Waals surface area contributed by atoms with E-state index in [1.807, 2.05) is 35.8 Å². The summed E-state index contributed by atoms with van der Waals surface area (Å²) >= 11 is 1.57. The molecule has 0 aliphatic carbocycles. The molecule has 7 nitrogen and oxygen atoms in total. The lowest BCUT2D eigenvalue weighted by Crippen LogP contribution is -2.31. The largest absolute Gasteiger partial charge is 0.352 e. The van der Waals surface area contributed by atoms with Crippen LogP contribution in [0.3, 0.4) is 0 Å². The van der Waals surface area contributed by atoms with Gasteiger partial charge in [0.05, 0.1) is 4.88 Å². The van der Waals surface area contributed by atoms with Crippen molar-refractivity contribution in [3.05, 3.63) is 82.7 Å². The number of hydrogen-bond donors (Lipinski definition) is 1. The Morgan fingerprint density at radius 2 is 2.03 bits per heavy atom. The highest BCUT2D eigenvalue weighted by Crippen LogP contribution is 2.23. The zero-order valence-electron chi connectivity index (χ0n) is 18.2. The Balaban J connectivity index is 1.05. The fraction of sp³-hybridized carbons (Fsp3) is 0.280. The number of carbonyl (C=O) groups excluding carboxylic acids is 1. The van der Waals surface area contributed by atoms with Crippen molar-refractivity contribution in [3.8, 4) is 10.7 Å². The molecule has 0 atom stereocenters. The van der Waals surface area contributed by atoms with E-state index in [0.29, 0.717) is 37.5 Å². The van der Waals surface area contributed by atoms with Crippen molar-refractivity contribution in [1.29, 1.82) is 0 Å². The number of fused-ring (bicyclic) bond motifs is 1. The first-order valence-corrected chi connectivity index (χ1v) is 12.0. The zero-order valence-corrected chi connectivity index (χ0v) is 19.1. The van der Waals surface area contributed by atoms with E-state index in [9.17, 15) is 4.79 Å². The molecule has 1 aromatic carbocycles. The topological polar surface area (TPSA) is 84.1 Å². The fourth-order valence-corrected chi connectivity index (χ4v) is 4.60. The normalized spacial score (nSPS) is 13.0. The van der Waals surface area contributed by atoms with Crippen molar-refractivity contribution in [3.63, 3.8) is 0 Å². The van der Waals surface area contributed by atoms with E-state index >= 15 is 0 Å². The predicted octanol–water partition coefficient (Wildman–Crippen LogP) is 4.39. The minimum Gasteiger partial charge on any atom is -0.352 e. The molecule has 0 saturated heterocycles. The third-order valence-electron chi connectivity index (χ3n) is 5.76. The number of benzene rings is 1. The van der Waals surface area contributed by atoms with Crippen molar-refractivity contribution in [2.75, 3.05) is 11.4 Å². The lowest BCUT2D eigenvalue weighted by molar-refractivity contribution is -0.121. The highest BCUT2D eigenvalue weighted by atomic mass is 32.1. The average Bonchev–Trinajstić information content (AvgIpc) is 3.55. The van der Waals surface area contributed by atoms with E-state index < -0.39 is 0 Å². The summed E-state index contributed by atoms with van der Waals surface area (Å²) in [6, 6.07) is 16.6. The van der Waals surface area contributed by atoms with Crippen molar-refractivity contribution < 1.29 is 9.32 Å². The van der Waals surface area contributed by atoms with Gasteiger partial charge in [0, 0.05) is 38.7 Å². The van der Waals surface area contributed by atoms with E-state index in [4.69, 9.17) is 4.52 Å². The summed E-state index contributed by atoms with van der Waals surface area (Å²) in [7, 11) is 0. The number of rotatable bonds is 8. The molecule has 1 aliphatic rings. The molecule has 1 N–H and O–H groups in total. The summed E-state index contributed by atoms with van der Waals surface area (Å²) < 4.78 is 5.28. The number of aromatic nitrogens is 3. The van der Waals surface area contributed by atoms with Gasteiger partial charge in [-0.15, -0.1) is 11.3 Å². The van der Waals surface area contributed by atoms with Crippen molar-refractivity contribution in [2.45, 2.75) is 38.8 Å². The molecule has 1 amide bonds. The van der Waals surface area contributed by atoms with Gasteiger partial charge < -0.3 is 14.7 Å². The van der Waals surface area contributed by atoms with Crippen LogP contribution >= 0.6 is 11.3 Å². The molecule has 0 unspecified atom stereocenters. The van der Waals surface area contributed by atoms with Crippen LogP contribution in [-0.4, -0.2) is 27.6 Å². The average molecular weight is 460 g/mol. The molecule has 0 saturated carbocycles. The SMILES string of the molecule is O=C(CCCc1nc(-c2cccs2)no1)NCc1ccc(N2CCc3ccccc3C2)nc1. The van der Waals surface area contributed by atoms with Gasteiger partial charge in [0.2, 0.25) is 17.6 Å².